The highest BCUT2D eigenvalue weighted by Crippen LogP contribution is 2.38. The Labute approximate surface area is 170 Å². The lowest BCUT2D eigenvalue weighted by molar-refractivity contribution is -0.00000628. The van der Waals surface area contributed by atoms with Crippen LogP contribution in [0.2, 0.25) is 0 Å². The maximum absolute atomic E-state index is 5.82. The maximum Gasteiger partial charge on any atom is 0.127 e. The first kappa shape index (κ1) is 26.2. The monoisotopic (exact) mass is 419 g/mol. The number of hydrogen-bond acceptors (Lipinski definition) is 2. The molecule has 2 aromatic rings. The molecule has 0 N–H and O–H groups in total. The van der Waals surface area contributed by atoms with Gasteiger partial charge in [-0.05, 0) is 55.2 Å². The van der Waals surface area contributed by atoms with Gasteiger partial charge in [-0.1, -0.05) is 39.1 Å². The molecule has 0 aliphatic rings. The first-order valence-corrected chi connectivity index (χ1v) is 7.88. The predicted octanol–water partition coefficient (Wildman–Crippen LogP) is 3.49. The maximum atomic E-state index is 5.82. The molecule has 0 heterocycles. The summed E-state index contributed by atoms with van der Waals surface area (Å²) in [6, 6.07) is 12.5. The summed E-state index contributed by atoms with van der Waals surface area (Å²) in [4.78, 5) is 0. The highest BCUT2D eigenvalue weighted by molar-refractivity contribution is 5.77. The molecule has 144 valence electrons. The third kappa shape index (κ3) is 6.38. The minimum Gasteiger partial charge on any atom is -1.00 e. The van der Waals surface area contributed by atoms with Crippen LogP contribution in [0.25, 0.3) is 11.1 Å². The van der Waals surface area contributed by atoms with Gasteiger partial charge < -0.3 is 26.5 Å². The lowest BCUT2D eigenvalue weighted by Gasteiger charge is -2.16. The van der Waals surface area contributed by atoms with E-state index < -0.39 is 0 Å². The van der Waals surface area contributed by atoms with Crippen LogP contribution in [0.15, 0.2) is 61.7 Å². The largest absolute Gasteiger partial charge is 1.00 e. The second kappa shape index (κ2) is 13.2. The molecule has 0 atom stereocenters. The van der Waals surface area contributed by atoms with E-state index in [0.717, 1.165) is 35.5 Å². The Kier molecular flexibility index (Phi) is 13.4. The molecule has 26 heavy (non-hydrogen) atoms. The quantitative estimate of drug-likeness (QED) is 0.609. The molecule has 0 radical (unpaired) electrons. The second-order valence-corrected chi connectivity index (χ2v) is 5.28. The van der Waals surface area contributed by atoms with Gasteiger partial charge in [0, 0.05) is 11.1 Å². The van der Waals surface area contributed by atoms with E-state index in [1.54, 1.807) is 7.11 Å². The van der Waals surface area contributed by atoms with E-state index in [2.05, 4.69) is 37.4 Å². The van der Waals surface area contributed by atoms with Crippen LogP contribution in [0.4, 0.5) is 0 Å². The summed E-state index contributed by atoms with van der Waals surface area (Å²) < 4.78 is 11.4. The Bertz CT molecular complexity index is 693. The van der Waals surface area contributed by atoms with Gasteiger partial charge in [0.15, 0.2) is 0 Å². The molecule has 0 amide bonds. The van der Waals surface area contributed by atoms with Crippen molar-refractivity contribution in [1.29, 1.82) is 0 Å². The van der Waals surface area contributed by atoms with Crippen molar-refractivity contribution < 1.29 is 26.5 Å². The number of methoxy groups -OCH3 is 1. The van der Waals surface area contributed by atoms with Crippen LogP contribution < -0.4 is 26.5 Å². The molecule has 0 saturated heterocycles. The fourth-order valence-corrected chi connectivity index (χ4v) is 2.62. The van der Waals surface area contributed by atoms with Gasteiger partial charge >= 0.3 is 0 Å². The highest BCUT2D eigenvalue weighted by Gasteiger charge is 2.13. The summed E-state index contributed by atoms with van der Waals surface area (Å²) in [5.74, 6) is 1.71. The highest BCUT2D eigenvalue weighted by atomic mass is 79.9. The predicted molar refractivity (Wildman–Crippen MR) is 111 cm³/mol. The molecule has 2 aromatic carbocycles. The van der Waals surface area contributed by atoms with Crippen molar-refractivity contribution in [2.75, 3.05) is 13.7 Å². The van der Waals surface area contributed by atoms with Crippen LogP contribution in [-0.2, 0) is 12.8 Å². The van der Waals surface area contributed by atoms with Gasteiger partial charge in [-0.15, -0.1) is 13.2 Å². The van der Waals surface area contributed by atoms with Gasteiger partial charge in [0.2, 0.25) is 0 Å². The number of halogens is 1. The normalized spacial score (nSPS) is 9.00. The minimum atomic E-state index is 0. The molecular formula is C23H32BrO2-. The Balaban J connectivity index is 0. The molecule has 0 aliphatic carbocycles. The van der Waals surface area contributed by atoms with Crippen LogP contribution in [0.1, 0.15) is 32.9 Å². The zero-order valence-corrected chi connectivity index (χ0v) is 15.9. The van der Waals surface area contributed by atoms with Gasteiger partial charge in [-0.25, -0.2) is 0 Å². The van der Waals surface area contributed by atoms with Gasteiger partial charge in [0.25, 0.3) is 0 Å². The molecule has 0 spiro atoms. The van der Waals surface area contributed by atoms with E-state index in [0.29, 0.717) is 6.61 Å². The molecule has 0 bridgehead atoms. The van der Waals surface area contributed by atoms with Crippen LogP contribution in [0.3, 0.4) is 0 Å². The van der Waals surface area contributed by atoms with Crippen LogP contribution >= 0.6 is 0 Å². The fourth-order valence-electron chi connectivity index (χ4n) is 2.62. The second-order valence-electron chi connectivity index (χ2n) is 5.28. The van der Waals surface area contributed by atoms with Gasteiger partial charge in [-0.3, -0.25) is 0 Å². The molecule has 0 fully saturated rings. The van der Waals surface area contributed by atoms with Crippen LogP contribution in [0, 0.1) is 0 Å². The minimum absolute atomic E-state index is 0. The fraction of sp³-hybridized carbons (Fsp3) is 0.304. The molecule has 0 aromatic heterocycles. The lowest BCUT2D eigenvalue weighted by atomic mass is 9.97. The van der Waals surface area contributed by atoms with Crippen molar-refractivity contribution in [3.63, 3.8) is 0 Å². The third-order valence-corrected chi connectivity index (χ3v) is 3.66. The first-order chi connectivity index (χ1) is 11.2. The van der Waals surface area contributed by atoms with Gasteiger partial charge in [0.05, 0.1) is 13.7 Å². The molecule has 0 unspecified atom stereocenters. The Morgan fingerprint density at radius 1 is 0.846 bits per heavy atom. The molecule has 2 nitrogen and oxygen atoms in total. The third-order valence-electron chi connectivity index (χ3n) is 3.66. The van der Waals surface area contributed by atoms with E-state index in [1.165, 1.54) is 11.1 Å². The van der Waals surface area contributed by atoms with Crippen molar-refractivity contribution in [2.24, 2.45) is 0 Å². The summed E-state index contributed by atoms with van der Waals surface area (Å²) in [7, 11) is 1.69. The topological polar surface area (TPSA) is 18.5 Å². The summed E-state index contributed by atoms with van der Waals surface area (Å²) in [6.45, 7) is 10.3. The molecule has 0 saturated carbocycles. The van der Waals surface area contributed by atoms with Gasteiger partial charge in [-0.2, -0.15) is 0 Å². The van der Waals surface area contributed by atoms with Crippen LogP contribution in [0.5, 0.6) is 11.5 Å². The molecule has 3 heteroatoms. The van der Waals surface area contributed by atoms with Crippen molar-refractivity contribution in [3.8, 4) is 22.6 Å². The Hall–Kier alpha value is -2.00. The van der Waals surface area contributed by atoms with E-state index in [-0.39, 0.29) is 31.8 Å². The Morgan fingerprint density at radius 3 is 1.73 bits per heavy atom. The summed E-state index contributed by atoms with van der Waals surface area (Å²) >= 11 is 0. The standard InChI is InChI=1S/C21H24O2.2CH4.BrH/c1-5-8-16-10-12-20(22-4)18(14-16)19-15-17(9-6-2)11-13-21(19)23-7-3;;;/h5-6,10-15H,1-2,7-9H2,3-4H3;2*1H4;1H/p-1. The van der Waals surface area contributed by atoms with E-state index in [4.69, 9.17) is 9.47 Å². The zero-order chi connectivity index (χ0) is 16.7. The number of hydrogen-bond donors (Lipinski definition) is 0. The average Bonchev–Trinajstić information content (AvgIpc) is 2.57. The van der Waals surface area contributed by atoms with Crippen LogP contribution in [-0.4, -0.2) is 13.7 Å². The number of ether oxygens (including phenoxy) is 2. The van der Waals surface area contributed by atoms with Crippen molar-refractivity contribution in [1.82, 2.24) is 0 Å². The molecular weight excluding hydrogens is 388 g/mol. The number of benzene rings is 2. The van der Waals surface area contributed by atoms with Crippen molar-refractivity contribution in [3.05, 3.63) is 72.8 Å². The van der Waals surface area contributed by atoms with E-state index in [1.807, 2.05) is 31.2 Å². The number of rotatable bonds is 8. The summed E-state index contributed by atoms with van der Waals surface area (Å²) in [5.41, 5.74) is 4.50. The van der Waals surface area contributed by atoms with Crippen molar-refractivity contribution >= 4 is 0 Å². The Morgan fingerprint density at radius 2 is 1.31 bits per heavy atom. The SMILES string of the molecule is C.C.C=CCc1ccc(OC)c(-c2cc(CC=C)ccc2OCC)c1.[Br-]. The number of allylic oxidation sites excluding steroid dienone is 2. The molecule has 2 rings (SSSR count). The smallest absolute Gasteiger partial charge is 0.127 e. The summed E-state index contributed by atoms with van der Waals surface area (Å²) in [6.07, 6.45) is 5.47. The summed E-state index contributed by atoms with van der Waals surface area (Å²) in [5, 5.41) is 0. The van der Waals surface area contributed by atoms with E-state index in [9.17, 15) is 0 Å². The van der Waals surface area contributed by atoms with Crippen molar-refractivity contribution in [2.45, 2.75) is 34.6 Å². The average molecular weight is 420 g/mol. The zero-order valence-electron chi connectivity index (χ0n) is 14.3. The lowest BCUT2D eigenvalue weighted by Crippen LogP contribution is -3.00. The molecule has 0 aliphatic heterocycles. The first-order valence-electron chi connectivity index (χ1n) is 7.88. The van der Waals surface area contributed by atoms with E-state index >= 15 is 0 Å². The van der Waals surface area contributed by atoms with Gasteiger partial charge in [0.1, 0.15) is 11.5 Å².